The molecule has 192 valence electrons. The molecule has 3 rings (SSSR count). The Bertz CT molecular complexity index is 1250. The minimum absolute atomic E-state index is 0.0262. The van der Waals surface area contributed by atoms with E-state index in [4.69, 9.17) is 13.1 Å². The lowest BCUT2D eigenvalue weighted by molar-refractivity contribution is -0.0241. The van der Waals surface area contributed by atoms with E-state index in [9.17, 15) is 21.6 Å². The lowest BCUT2D eigenvalue weighted by Crippen LogP contribution is -2.53. The molecule has 0 unspecified atom stereocenters. The molecule has 0 saturated carbocycles. The van der Waals surface area contributed by atoms with Crippen molar-refractivity contribution >= 4 is 26.3 Å². The molecule has 11 heteroatoms. The van der Waals surface area contributed by atoms with Crippen LogP contribution in [0.15, 0.2) is 58.3 Å². The van der Waals surface area contributed by atoms with Crippen LogP contribution in [0, 0.1) is 13.8 Å². The molecule has 1 aliphatic rings. The van der Waals surface area contributed by atoms with Crippen LogP contribution in [0.5, 0.6) is 0 Å². The summed E-state index contributed by atoms with van der Waals surface area (Å²) in [6.07, 6.45) is -3.04. The summed E-state index contributed by atoms with van der Waals surface area (Å²) in [6, 6.07) is 12.2. The highest BCUT2D eigenvalue weighted by Gasteiger charge is 2.40. The number of nitrogens with zero attached hydrogens (tertiary/aromatic N) is 1. The third kappa shape index (κ3) is 7.26. The SMILES string of the molecule is Cc1ccc(S(=O)(=O)O[C@H]2CN(C(=O)OC(C)(C)C)CC[C@H]2OS(=O)(=O)c2ccc(C)cc2)cc1. The molecule has 0 radical (unpaired) electrons. The third-order valence-electron chi connectivity index (χ3n) is 5.27. The number of benzene rings is 2. The van der Waals surface area contributed by atoms with Gasteiger partial charge in [-0.2, -0.15) is 16.8 Å². The number of rotatable bonds is 6. The lowest BCUT2D eigenvalue weighted by Gasteiger charge is -2.37. The summed E-state index contributed by atoms with van der Waals surface area (Å²) in [4.78, 5) is 13.8. The van der Waals surface area contributed by atoms with Crippen LogP contribution in [-0.4, -0.2) is 58.7 Å². The molecule has 1 saturated heterocycles. The zero-order valence-electron chi connectivity index (χ0n) is 20.4. The van der Waals surface area contributed by atoms with Crippen LogP contribution < -0.4 is 0 Å². The van der Waals surface area contributed by atoms with Crippen molar-refractivity contribution in [3.05, 3.63) is 59.7 Å². The van der Waals surface area contributed by atoms with E-state index in [1.807, 2.05) is 13.8 Å². The molecular formula is C24H31NO8S2. The van der Waals surface area contributed by atoms with Crippen molar-refractivity contribution in [2.24, 2.45) is 0 Å². The van der Waals surface area contributed by atoms with Crippen LogP contribution in [0.25, 0.3) is 0 Å². The molecule has 0 aliphatic carbocycles. The van der Waals surface area contributed by atoms with Crippen LogP contribution in [0.2, 0.25) is 0 Å². The Balaban J connectivity index is 1.87. The van der Waals surface area contributed by atoms with Crippen molar-refractivity contribution in [2.45, 2.75) is 68.6 Å². The van der Waals surface area contributed by atoms with E-state index >= 15 is 0 Å². The van der Waals surface area contributed by atoms with Gasteiger partial charge in [0.1, 0.15) is 17.8 Å². The van der Waals surface area contributed by atoms with E-state index in [1.54, 1.807) is 45.0 Å². The number of likely N-dealkylation sites (tertiary alicyclic amines) is 1. The monoisotopic (exact) mass is 525 g/mol. The number of carbonyl (C=O) groups excluding carboxylic acids is 1. The van der Waals surface area contributed by atoms with Gasteiger partial charge >= 0.3 is 6.09 Å². The number of aryl methyl sites for hydroxylation is 2. The van der Waals surface area contributed by atoms with Crippen molar-refractivity contribution in [1.82, 2.24) is 4.90 Å². The fourth-order valence-corrected chi connectivity index (χ4v) is 5.65. The Labute approximate surface area is 207 Å². The molecule has 0 bridgehead atoms. The Morgan fingerprint density at radius 3 is 1.66 bits per heavy atom. The van der Waals surface area contributed by atoms with Gasteiger partial charge in [-0.15, -0.1) is 0 Å². The van der Waals surface area contributed by atoms with Gasteiger partial charge in [-0.3, -0.25) is 8.37 Å². The van der Waals surface area contributed by atoms with E-state index in [0.29, 0.717) is 0 Å². The maximum Gasteiger partial charge on any atom is 0.410 e. The van der Waals surface area contributed by atoms with Crippen LogP contribution in [0.1, 0.15) is 38.3 Å². The molecule has 1 heterocycles. The minimum atomic E-state index is -4.27. The summed E-state index contributed by atoms with van der Waals surface area (Å²) in [7, 11) is -8.48. The van der Waals surface area contributed by atoms with E-state index in [0.717, 1.165) is 11.1 Å². The van der Waals surface area contributed by atoms with Gasteiger partial charge in [0.15, 0.2) is 0 Å². The number of piperidine rings is 1. The van der Waals surface area contributed by atoms with Crippen LogP contribution in [0.3, 0.4) is 0 Å². The number of ether oxygens (including phenoxy) is 1. The fraction of sp³-hybridized carbons (Fsp3) is 0.458. The quantitative estimate of drug-likeness (QED) is 0.523. The third-order valence-corrected chi connectivity index (χ3v) is 7.97. The maximum atomic E-state index is 13.0. The number of carbonyl (C=O) groups is 1. The first-order chi connectivity index (χ1) is 16.2. The van der Waals surface area contributed by atoms with Gasteiger partial charge in [-0.25, -0.2) is 4.79 Å². The molecule has 2 aromatic carbocycles. The molecule has 0 N–H and O–H groups in total. The summed E-state index contributed by atoms with van der Waals surface area (Å²) in [5.41, 5.74) is 0.979. The topological polar surface area (TPSA) is 116 Å². The molecule has 35 heavy (non-hydrogen) atoms. The molecule has 0 spiro atoms. The predicted molar refractivity (Wildman–Crippen MR) is 129 cm³/mol. The molecule has 2 aromatic rings. The number of amides is 1. The van der Waals surface area contributed by atoms with Gasteiger partial charge in [0, 0.05) is 6.54 Å². The average molecular weight is 526 g/mol. The molecular weight excluding hydrogens is 494 g/mol. The van der Waals surface area contributed by atoms with E-state index < -0.39 is 44.1 Å². The first-order valence-corrected chi connectivity index (χ1v) is 14.0. The van der Waals surface area contributed by atoms with E-state index in [2.05, 4.69) is 0 Å². The van der Waals surface area contributed by atoms with Crippen molar-refractivity contribution in [2.75, 3.05) is 13.1 Å². The first-order valence-electron chi connectivity index (χ1n) is 11.1. The van der Waals surface area contributed by atoms with Crippen molar-refractivity contribution in [3.8, 4) is 0 Å². The summed E-state index contributed by atoms with van der Waals surface area (Å²) >= 11 is 0. The zero-order chi connectivity index (χ0) is 26.0. The minimum Gasteiger partial charge on any atom is -0.444 e. The standard InChI is InChI=1S/C24H31NO8S2/c1-17-6-10-19(11-7-17)34(27,28)32-21-14-15-25(23(26)31-24(3,4)5)16-22(21)33-35(29,30)20-12-8-18(2)9-13-20/h6-13,21-22H,14-16H2,1-5H3/t21-,22+/m1/s1. The maximum absolute atomic E-state index is 13.0. The highest BCUT2D eigenvalue weighted by Crippen LogP contribution is 2.27. The molecule has 0 aromatic heterocycles. The molecule has 1 aliphatic heterocycles. The Hall–Kier alpha value is -2.47. The normalized spacial score (nSPS) is 19.4. The smallest absolute Gasteiger partial charge is 0.410 e. The highest BCUT2D eigenvalue weighted by atomic mass is 32.2. The Morgan fingerprint density at radius 2 is 1.23 bits per heavy atom. The summed E-state index contributed by atoms with van der Waals surface area (Å²) < 4.78 is 68.1. The van der Waals surface area contributed by atoms with Gasteiger partial charge in [0.2, 0.25) is 0 Å². The van der Waals surface area contributed by atoms with E-state index in [1.165, 1.54) is 29.2 Å². The molecule has 2 atom stereocenters. The summed E-state index contributed by atoms with van der Waals surface area (Å²) in [5, 5.41) is 0. The molecule has 1 amide bonds. The van der Waals surface area contributed by atoms with Crippen LogP contribution >= 0.6 is 0 Å². The molecule has 1 fully saturated rings. The number of hydrogen-bond acceptors (Lipinski definition) is 8. The second-order valence-electron chi connectivity index (χ2n) is 9.52. The van der Waals surface area contributed by atoms with Crippen molar-refractivity contribution in [3.63, 3.8) is 0 Å². The van der Waals surface area contributed by atoms with Crippen LogP contribution in [-0.2, 0) is 33.3 Å². The number of hydrogen-bond donors (Lipinski definition) is 0. The average Bonchev–Trinajstić information content (AvgIpc) is 2.74. The summed E-state index contributed by atoms with van der Waals surface area (Å²) in [6.45, 7) is 8.65. The Kier molecular flexibility index (Phi) is 7.95. The van der Waals surface area contributed by atoms with Crippen molar-refractivity contribution in [1.29, 1.82) is 0 Å². The first kappa shape index (κ1) is 27.1. The van der Waals surface area contributed by atoms with Gasteiger partial charge < -0.3 is 9.64 Å². The highest BCUT2D eigenvalue weighted by molar-refractivity contribution is 7.87. The Morgan fingerprint density at radius 1 is 0.800 bits per heavy atom. The van der Waals surface area contributed by atoms with Gasteiger partial charge in [0.25, 0.3) is 20.2 Å². The van der Waals surface area contributed by atoms with Gasteiger partial charge in [0.05, 0.1) is 16.3 Å². The second-order valence-corrected chi connectivity index (χ2v) is 12.7. The zero-order valence-corrected chi connectivity index (χ0v) is 22.1. The summed E-state index contributed by atoms with van der Waals surface area (Å²) in [5.74, 6) is 0. The predicted octanol–water partition coefficient (Wildman–Crippen LogP) is 3.79. The lowest BCUT2D eigenvalue weighted by atomic mass is 10.1. The largest absolute Gasteiger partial charge is 0.444 e. The molecule has 9 nitrogen and oxygen atoms in total. The van der Waals surface area contributed by atoms with Crippen molar-refractivity contribution < 1.29 is 34.7 Å². The fourth-order valence-electron chi connectivity index (χ4n) is 3.44. The van der Waals surface area contributed by atoms with Gasteiger partial charge in [-0.05, 0) is 65.3 Å². The van der Waals surface area contributed by atoms with E-state index in [-0.39, 0.29) is 29.3 Å². The van der Waals surface area contributed by atoms with Gasteiger partial charge in [-0.1, -0.05) is 35.4 Å². The second kappa shape index (κ2) is 10.3. The van der Waals surface area contributed by atoms with Crippen LogP contribution in [0.4, 0.5) is 4.79 Å².